The van der Waals surface area contributed by atoms with Crippen molar-refractivity contribution in [2.45, 2.75) is 60.5 Å². The molecule has 102 valence electrons. The smallest absolute Gasteiger partial charge is 0.0707 e. The van der Waals surface area contributed by atoms with Crippen molar-refractivity contribution in [1.29, 1.82) is 0 Å². The van der Waals surface area contributed by atoms with Gasteiger partial charge in [-0.3, -0.25) is 4.90 Å². The zero-order chi connectivity index (χ0) is 13.1. The molecule has 0 spiro atoms. The monoisotopic (exact) mass is 241 g/mol. The van der Waals surface area contributed by atoms with Crippen molar-refractivity contribution in [2.75, 3.05) is 26.2 Å². The molecule has 0 aromatic rings. The highest BCUT2D eigenvalue weighted by Crippen LogP contribution is 2.25. The van der Waals surface area contributed by atoms with Crippen molar-refractivity contribution in [1.82, 2.24) is 4.90 Å². The van der Waals surface area contributed by atoms with E-state index in [1.165, 1.54) is 19.4 Å². The van der Waals surface area contributed by atoms with Crippen molar-refractivity contribution in [3.63, 3.8) is 0 Å². The molecule has 1 saturated heterocycles. The van der Waals surface area contributed by atoms with Crippen LogP contribution >= 0.6 is 0 Å². The molecule has 0 radical (unpaired) electrons. The molecule has 1 aliphatic heterocycles. The highest BCUT2D eigenvalue weighted by Gasteiger charge is 2.25. The third kappa shape index (κ3) is 7.05. The first kappa shape index (κ1) is 15.0. The number of nitrogens with zero attached hydrogens (tertiary/aromatic N) is 1. The summed E-state index contributed by atoms with van der Waals surface area (Å²) in [4.78, 5) is 2.57. The van der Waals surface area contributed by atoms with Crippen LogP contribution < -0.4 is 0 Å². The van der Waals surface area contributed by atoms with Crippen LogP contribution in [0.2, 0.25) is 0 Å². The summed E-state index contributed by atoms with van der Waals surface area (Å²) in [5, 5.41) is 0. The van der Waals surface area contributed by atoms with E-state index in [1.54, 1.807) is 0 Å². The fourth-order valence-electron chi connectivity index (χ4n) is 2.28. The molecule has 2 nitrogen and oxygen atoms in total. The zero-order valence-electron chi connectivity index (χ0n) is 12.7. The van der Waals surface area contributed by atoms with Crippen molar-refractivity contribution >= 4 is 0 Å². The van der Waals surface area contributed by atoms with Gasteiger partial charge < -0.3 is 4.74 Å². The maximum Gasteiger partial charge on any atom is 0.0707 e. The first-order valence-corrected chi connectivity index (χ1v) is 7.00. The summed E-state index contributed by atoms with van der Waals surface area (Å²) in [5.41, 5.74) is 0.815. The van der Waals surface area contributed by atoms with E-state index in [4.69, 9.17) is 4.74 Å². The van der Waals surface area contributed by atoms with Crippen molar-refractivity contribution < 1.29 is 4.74 Å². The summed E-state index contributed by atoms with van der Waals surface area (Å²) in [7, 11) is 0. The van der Waals surface area contributed by atoms with E-state index in [9.17, 15) is 0 Å². The van der Waals surface area contributed by atoms with Crippen molar-refractivity contribution in [2.24, 2.45) is 10.8 Å². The predicted molar refractivity (Wildman–Crippen MR) is 74.3 cm³/mol. The van der Waals surface area contributed by atoms with E-state index in [0.717, 1.165) is 19.7 Å². The average Bonchev–Trinajstić information content (AvgIpc) is 2.11. The highest BCUT2D eigenvalue weighted by molar-refractivity contribution is 4.77. The molecular weight excluding hydrogens is 210 g/mol. The Labute approximate surface area is 108 Å². The van der Waals surface area contributed by atoms with Gasteiger partial charge in [0.25, 0.3) is 0 Å². The second kappa shape index (κ2) is 5.71. The molecule has 0 aliphatic carbocycles. The van der Waals surface area contributed by atoms with Gasteiger partial charge in [0.2, 0.25) is 0 Å². The lowest BCUT2D eigenvalue weighted by Gasteiger charge is -2.37. The van der Waals surface area contributed by atoms with E-state index in [0.29, 0.717) is 16.9 Å². The molecule has 0 amide bonds. The van der Waals surface area contributed by atoms with Gasteiger partial charge in [-0.15, -0.1) is 0 Å². The van der Waals surface area contributed by atoms with Gasteiger partial charge >= 0.3 is 0 Å². The standard InChI is InChI=1S/C15H31NO/c1-14(2,3)7-8-16-9-10-17-13(12-16)11-15(4,5)6/h13H,7-12H2,1-6H3/t13-/m0/s1. The Morgan fingerprint density at radius 2 is 1.71 bits per heavy atom. The summed E-state index contributed by atoms with van der Waals surface area (Å²) in [6.07, 6.45) is 2.87. The van der Waals surface area contributed by atoms with Crippen molar-refractivity contribution in [3.8, 4) is 0 Å². The third-order valence-corrected chi connectivity index (χ3v) is 3.24. The SMILES string of the molecule is CC(C)(C)CCN1CCO[C@@H](CC(C)(C)C)C1. The van der Waals surface area contributed by atoms with Crippen LogP contribution in [0, 0.1) is 10.8 Å². The summed E-state index contributed by atoms with van der Waals surface area (Å²) in [5.74, 6) is 0. The van der Waals surface area contributed by atoms with Crippen LogP contribution in [-0.4, -0.2) is 37.2 Å². The number of hydrogen-bond acceptors (Lipinski definition) is 2. The van der Waals surface area contributed by atoms with Gasteiger partial charge in [0.1, 0.15) is 0 Å². The molecule has 1 heterocycles. The topological polar surface area (TPSA) is 12.5 Å². The third-order valence-electron chi connectivity index (χ3n) is 3.24. The molecular formula is C15H31NO. The van der Waals surface area contributed by atoms with E-state index >= 15 is 0 Å². The van der Waals surface area contributed by atoms with Crippen LogP contribution in [0.3, 0.4) is 0 Å². The number of hydrogen-bond donors (Lipinski definition) is 0. The molecule has 0 saturated carbocycles. The first-order chi connectivity index (χ1) is 7.66. The Balaban J connectivity index is 2.34. The zero-order valence-corrected chi connectivity index (χ0v) is 12.7. The maximum atomic E-state index is 5.87. The van der Waals surface area contributed by atoms with E-state index in [-0.39, 0.29) is 0 Å². The molecule has 0 N–H and O–H groups in total. The second-order valence-corrected chi connectivity index (χ2v) is 7.87. The Kier molecular flexibility index (Phi) is 5.03. The molecule has 1 fully saturated rings. The molecule has 0 aromatic carbocycles. The molecule has 1 aliphatic rings. The fraction of sp³-hybridized carbons (Fsp3) is 1.00. The molecule has 0 bridgehead atoms. The molecule has 0 unspecified atom stereocenters. The largest absolute Gasteiger partial charge is 0.376 e. The minimum Gasteiger partial charge on any atom is -0.376 e. The van der Waals surface area contributed by atoms with Gasteiger partial charge in [-0.25, -0.2) is 0 Å². The lowest BCUT2D eigenvalue weighted by Crippen LogP contribution is -2.44. The molecule has 17 heavy (non-hydrogen) atoms. The van der Waals surface area contributed by atoms with E-state index in [1.807, 2.05) is 0 Å². The molecule has 1 atom stereocenters. The molecule has 2 heteroatoms. The second-order valence-electron chi connectivity index (χ2n) is 7.87. The average molecular weight is 241 g/mol. The van der Waals surface area contributed by atoms with Crippen LogP contribution in [-0.2, 0) is 4.74 Å². The van der Waals surface area contributed by atoms with Crippen molar-refractivity contribution in [3.05, 3.63) is 0 Å². The predicted octanol–water partition coefficient (Wildman–Crippen LogP) is 3.56. The van der Waals surface area contributed by atoms with Crippen LogP contribution in [0.25, 0.3) is 0 Å². The highest BCUT2D eigenvalue weighted by atomic mass is 16.5. The van der Waals surface area contributed by atoms with Crippen LogP contribution in [0.15, 0.2) is 0 Å². The van der Waals surface area contributed by atoms with Gasteiger partial charge in [-0.2, -0.15) is 0 Å². The first-order valence-electron chi connectivity index (χ1n) is 7.00. The van der Waals surface area contributed by atoms with Gasteiger partial charge in [0.05, 0.1) is 12.7 Å². The summed E-state index contributed by atoms with van der Waals surface area (Å²) in [6.45, 7) is 18.2. The molecule has 0 aromatic heterocycles. The van der Waals surface area contributed by atoms with E-state index in [2.05, 4.69) is 46.4 Å². The number of rotatable bonds is 3. The van der Waals surface area contributed by atoms with Crippen LogP contribution in [0.5, 0.6) is 0 Å². The summed E-state index contributed by atoms with van der Waals surface area (Å²) >= 11 is 0. The van der Waals surface area contributed by atoms with Gasteiger partial charge in [-0.05, 0) is 30.2 Å². The van der Waals surface area contributed by atoms with E-state index < -0.39 is 0 Å². The quantitative estimate of drug-likeness (QED) is 0.749. The summed E-state index contributed by atoms with van der Waals surface area (Å²) < 4.78 is 5.87. The summed E-state index contributed by atoms with van der Waals surface area (Å²) in [6, 6.07) is 0. The van der Waals surface area contributed by atoms with Crippen LogP contribution in [0.1, 0.15) is 54.4 Å². The van der Waals surface area contributed by atoms with Gasteiger partial charge in [0, 0.05) is 13.1 Å². The minimum atomic E-state index is 0.373. The Morgan fingerprint density at radius 3 is 2.24 bits per heavy atom. The lowest BCUT2D eigenvalue weighted by atomic mass is 9.88. The molecule has 1 rings (SSSR count). The Bertz CT molecular complexity index is 224. The number of ether oxygens (including phenoxy) is 1. The Hall–Kier alpha value is -0.0800. The minimum absolute atomic E-state index is 0.373. The number of morpholine rings is 1. The lowest BCUT2D eigenvalue weighted by molar-refractivity contribution is -0.0475. The Morgan fingerprint density at radius 1 is 1.06 bits per heavy atom. The maximum absolute atomic E-state index is 5.87. The van der Waals surface area contributed by atoms with Gasteiger partial charge in [-0.1, -0.05) is 41.5 Å². The fourth-order valence-corrected chi connectivity index (χ4v) is 2.28. The van der Waals surface area contributed by atoms with Crippen LogP contribution in [0.4, 0.5) is 0 Å². The van der Waals surface area contributed by atoms with Gasteiger partial charge in [0.15, 0.2) is 0 Å². The normalized spacial score (nSPS) is 24.0.